The average molecular weight is 378 g/mol. The molecule has 0 unspecified atom stereocenters. The number of benzene rings is 2. The van der Waals surface area contributed by atoms with Gasteiger partial charge in [-0.3, -0.25) is 4.68 Å². The minimum absolute atomic E-state index is 0.507. The molecule has 7 nitrogen and oxygen atoms in total. The monoisotopic (exact) mass is 378 g/mol. The molecule has 2 aromatic carbocycles. The molecule has 0 aliphatic carbocycles. The number of ether oxygens (including phenoxy) is 1. The summed E-state index contributed by atoms with van der Waals surface area (Å²) in [4.78, 5) is 1.55. The van der Waals surface area contributed by atoms with E-state index in [1.165, 1.54) is 0 Å². The van der Waals surface area contributed by atoms with E-state index in [2.05, 4.69) is 45.3 Å². The van der Waals surface area contributed by atoms with Crippen LogP contribution in [-0.4, -0.2) is 37.1 Å². The molecule has 0 aliphatic rings. The van der Waals surface area contributed by atoms with E-state index >= 15 is 0 Å². The van der Waals surface area contributed by atoms with Gasteiger partial charge in [-0.05, 0) is 28.5 Å². The topological polar surface area (TPSA) is 70.7 Å². The highest BCUT2D eigenvalue weighted by molar-refractivity contribution is 7.80. The van der Waals surface area contributed by atoms with Crippen LogP contribution in [0.1, 0.15) is 11.1 Å². The standard InChI is InChI=1S/C19H18N6OS/c1-26-16-9-7-15(8-10-16)13-25-22-18(21-23-25)17-11-20-24(19(17)27)12-14-5-3-2-4-6-14/h2-11,27H,12-13H2,1H3. The molecule has 0 aliphatic heterocycles. The Morgan fingerprint density at radius 1 is 0.963 bits per heavy atom. The van der Waals surface area contributed by atoms with Crippen molar-refractivity contribution in [3.8, 4) is 17.1 Å². The Morgan fingerprint density at radius 3 is 2.44 bits per heavy atom. The van der Waals surface area contributed by atoms with E-state index in [4.69, 9.17) is 4.74 Å². The molecule has 0 fully saturated rings. The van der Waals surface area contributed by atoms with Crippen molar-refractivity contribution in [3.63, 3.8) is 0 Å². The third kappa shape index (κ3) is 3.85. The first kappa shape index (κ1) is 17.3. The van der Waals surface area contributed by atoms with E-state index < -0.39 is 0 Å². The van der Waals surface area contributed by atoms with Gasteiger partial charge >= 0.3 is 0 Å². The summed E-state index contributed by atoms with van der Waals surface area (Å²) >= 11 is 4.60. The number of hydrogen-bond acceptors (Lipinski definition) is 6. The zero-order valence-corrected chi connectivity index (χ0v) is 15.6. The number of nitrogens with zero attached hydrogens (tertiary/aromatic N) is 6. The van der Waals surface area contributed by atoms with Crippen molar-refractivity contribution in [3.05, 3.63) is 71.9 Å². The normalized spacial score (nSPS) is 10.9. The van der Waals surface area contributed by atoms with Crippen LogP contribution in [-0.2, 0) is 13.1 Å². The van der Waals surface area contributed by atoms with Crippen LogP contribution in [0.3, 0.4) is 0 Å². The maximum absolute atomic E-state index is 5.17. The number of thiol groups is 1. The van der Waals surface area contributed by atoms with E-state index in [0.717, 1.165) is 22.4 Å². The second-order valence-corrected chi connectivity index (χ2v) is 6.44. The Morgan fingerprint density at radius 2 is 1.70 bits per heavy atom. The highest BCUT2D eigenvalue weighted by atomic mass is 32.1. The van der Waals surface area contributed by atoms with Crippen molar-refractivity contribution in [1.29, 1.82) is 0 Å². The second-order valence-electron chi connectivity index (χ2n) is 6.02. The molecule has 2 aromatic heterocycles. The van der Waals surface area contributed by atoms with Crippen molar-refractivity contribution in [2.75, 3.05) is 7.11 Å². The fraction of sp³-hybridized carbons (Fsp3) is 0.158. The first-order chi connectivity index (χ1) is 13.2. The van der Waals surface area contributed by atoms with Gasteiger partial charge in [-0.1, -0.05) is 42.5 Å². The van der Waals surface area contributed by atoms with Crippen LogP contribution < -0.4 is 4.74 Å². The lowest BCUT2D eigenvalue weighted by molar-refractivity contribution is 0.414. The average Bonchev–Trinajstić information content (AvgIpc) is 3.30. The van der Waals surface area contributed by atoms with Crippen LogP contribution in [0.15, 0.2) is 65.8 Å². The SMILES string of the molecule is COc1ccc(Cn2nnc(-c3cnn(Cc4ccccc4)c3S)n2)cc1. The zero-order valence-electron chi connectivity index (χ0n) is 14.7. The highest BCUT2D eigenvalue weighted by Crippen LogP contribution is 2.23. The lowest BCUT2D eigenvalue weighted by Crippen LogP contribution is -2.04. The van der Waals surface area contributed by atoms with Crippen LogP contribution in [0.25, 0.3) is 11.4 Å². The molecule has 8 heteroatoms. The number of methoxy groups -OCH3 is 1. The summed E-state index contributed by atoms with van der Waals surface area (Å²) in [5.41, 5.74) is 2.97. The van der Waals surface area contributed by atoms with Gasteiger partial charge in [0.15, 0.2) is 0 Å². The van der Waals surface area contributed by atoms with Crippen molar-refractivity contribution in [2.45, 2.75) is 18.1 Å². The van der Waals surface area contributed by atoms with Gasteiger partial charge in [0.2, 0.25) is 5.82 Å². The fourth-order valence-electron chi connectivity index (χ4n) is 2.72. The van der Waals surface area contributed by atoms with Gasteiger partial charge in [-0.15, -0.1) is 22.8 Å². The van der Waals surface area contributed by atoms with Crippen molar-refractivity contribution in [1.82, 2.24) is 30.0 Å². The Kier molecular flexibility index (Phi) is 4.88. The van der Waals surface area contributed by atoms with E-state index in [9.17, 15) is 0 Å². The van der Waals surface area contributed by atoms with Crippen molar-refractivity contribution in [2.24, 2.45) is 0 Å². The minimum atomic E-state index is 0.507. The molecule has 0 atom stereocenters. The van der Waals surface area contributed by atoms with E-state index in [1.54, 1.807) is 18.1 Å². The summed E-state index contributed by atoms with van der Waals surface area (Å²) in [6.45, 7) is 1.16. The van der Waals surface area contributed by atoms with E-state index in [1.807, 2.05) is 47.1 Å². The van der Waals surface area contributed by atoms with Gasteiger partial charge in [0.25, 0.3) is 0 Å². The van der Waals surface area contributed by atoms with E-state index in [-0.39, 0.29) is 0 Å². The molecule has 0 saturated carbocycles. The van der Waals surface area contributed by atoms with Crippen LogP contribution in [0.5, 0.6) is 5.75 Å². The molecular formula is C19H18N6OS. The van der Waals surface area contributed by atoms with Gasteiger partial charge in [-0.2, -0.15) is 9.90 Å². The lowest BCUT2D eigenvalue weighted by Gasteiger charge is -2.04. The van der Waals surface area contributed by atoms with Crippen LogP contribution in [0, 0.1) is 0 Å². The smallest absolute Gasteiger partial charge is 0.209 e. The number of hydrogen-bond donors (Lipinski definition) is 1. The Bertz CT molecular complexity index is 1030. The summed E-state index contributed by atoms with van der Waals surface area (Å²) in [5, 5.41) is 17.9. The quantitative estimate of drug-likeness (QED) is 0.523. The number of tetrazole rings is 1. The molecule has 0 amide bonds. The molecular weight excluding hydrogens is 360 g/mol. The first-order valence-electron chi connectivity index (χ1n) is 8.43. The van der Waals surface area contributed by atoms with Crippen molar-refractivity contribution >= 4 is 12.6 Å². The number of rotatable bonds is 6. The molecule has 2 heterocycles. The predicted molar refractivity (Wildman–Crippen MR) is 104 cm³/mol. The summed E-state index contributed by atoms with van der Waals surface area (Å²) in [6.07, 6.45) is 1.72. The first-order valence-corrected chi connectivity index (χ1v) is 8.87. The maximum atomic E-state index is 5.17. The summed E-state index contributed by atoms with van der Waals surface area (Å²) in [7, 11) is 1.65. The van der Waals surface area contributed by atoms with E-state index in [0.29, 0.717) is 23.9 Å². The Labute approximate surface area is 162 Å². The van der Waals surface area contributed by atoms with Crippen LogP contribution in [0.4, 0.5) is 0 Å². The molecule has 0 N–H and O–H groups in total. The fourth-order valence-corrected chi connectivity index (χ4v) is 3.00. The number of aromatic nitrogens is 6. The van der Waals surface area contributed by atoms with Crippen molar-refractivity contribution < 1.29 is 4.74 Å². The molecule has 0 bridgehead atoms. The van der Waals surface area contributed by atoms with Crippen LogP contribution >= 0.6 is 12.6 Å². The third-order valence-electron chi connectivity index (χ3n) is 4.16. The Hall–Kier alpha value is -3.13. The summed E-state index contributed by atoms with van der Waals surface area (Å²) in [5.74, 6) is 1.32. The van der Waals surface area contributed by atoms with Gasteiger partial charge in [0, 0.05) is 0 Å². The summed E-state index contributed by atoms with van der Waals surface area (Å²) in [6, 6.07) is 17.9. The van der Waals surface area contributed by atoms with Gasteiger partial charge < -0.3 is 4.74 Å². The zero-order chi connectivity index (χ0) is 18.6. The van der Waals surface area contributed by atoms with Gasteiger partial charge in [-0.25, -0.2) is 0 Å². The highest BCUT2D eigenvalue weighted by Gasteiger charge is 2.15. The van der Waals surface area contributed by atoms with Gasteiger partial charge in [0.05, 0.1) is 32.0 Å². The lowest BCUT2D eigenvalue weighted by atomic mass is 10.2. The van der Waals surface area contributed by atoms with Crippen LogP contribution in [0.2, 0.25) is 0 Å². The molecule has 0 radical (unpaired) electrons. The molecule has 4 rings (SSSR count). The third-order valence-corrected chi connectivity index (χ3v) is 4.64. The molecule has 4 aromatic rings. The second kappa shape index (κ2) is 7.63. The molecule has 136 valence electrons. The minimum Gasteiger partial charge on any atom is -0.497 e. The summed E-state index contributed by atoms with van der Waals surface area (Å²) < 4.78 is 6.99. The molecule has 0 spiro atoms. The molecule has 0 saturated heterocycles. The predicted octanol–water partition coefficient (Wildman–Crippen LogP) is 2.93. The maximum Gasteiger partial charge on any atom is 0.209 e. The molecule has 27 heavy (non-hydrogen) atoms. The van der Waals surface area contributed by atoms with Gasteiger partial charge in [0.1, 0.15) is 10.8 Å². The largest absolute Gasteiger partial charge is 0.497 e. The Balaban J connectivity index is 1.51.